The normalized spacial score (nSPS) is 12.4. The van der Waals surface area contributed by atoms with Gasteiger partial charge >= 0.3 is 0 Å². The molecule has 0 fully saturated rings. The van der Waals surface area contributed by atoms with Gasteiger partial charge in [0.25, 0.3) is 0 Å². The van der Waals surface area contributed by atoms with Crippen LogP contribution in [0.4, 0.5) is 0 Å². The molecule has 1 atom stereocenters. The SMILES string of the molecule is Cc1nn(C[C@@H](C)c2n[nH]c(=S)n2-c2cnn(Cc3ccccc3)c2)c(C)c1Cl. The van der Waals surface area contributed by atoms with Gasteiger partial charge in [-0.2, -0.15) is 15.3 Å². The molecule has 0 aliphatic carbocycles. The molecule has 3 heterocycles. The number of rotatable bonds is 6. The summed E-state index contributed by atoms with van der Waals surface area (Å²) in [4.78, 5) is 0. The van der Waals surface area contributed by atoms with Gasteiger partial charge in [0.2, 0.25) is 0 Å². The molecule has 0 amide bonds. The minimum Gasteiger partial charge on any atom is -0.269 e. The summed E-state index contributed by atoms with van der Waals surface area (Å²) in [6.07, 6.45) is 3.79. The monoisotopic (exact) mass is 427 g/mol. The molecule has 1 aromatic carbocycles. The van der Waals surface area contributed by atoms with E-state index in [4.69, 9.17) is 23.8 Å². The van der Waals surface area contributed by atoms with Crippen LogP contribution in [0.25, 0.3) is 5.69 Å². The lowest BCUT2D eigenvalue weighted by Gasteiger charge is -2.13. The number of halogens is 1. The second-order valence-electron chi connectivity index (χ2n) is 7.17. The van der Waals surface area contributed by atoms with Gasteiger partial charge in [-0.15, -0.1) is 0 Å². The van der Waals surface area contributed by atoms with Crippen LogP contribution in [0, 0.1) is 18.6 Å². The van der Waals surface area contributed by atoms with Crippen molar-refractivity contribution in [2.45, 2.75) is 39.8 Å². The number of hydrogen-bond donors (Lipinski definition) is 1. The van der Waals surface area contributed by atoms with Gasteiger partial charge in [-0.1, -0.05) is 48.9 Å². The fourth-order valence-corrected chi connectivity index (χ4v) is 3.79. The van der Waals surface area contributed by atoms with Crippen molar-refractivity contribution in [3.05, 3.63) is 75.3 Å². The number of aryl methyl sites for hydroxylation is 1. The van der Waals surface area contributed by atoms with Crippen LogP contribution in [0.2, 0.25) is 5.02 Å². The third-order valence-corrected chi connectivity index (χ3v) is 5.77. The Hall–Kier alpha value is -2.71. The van der Waals surface area contributed by atoms with Gasteiger partial charge in [-0.3, -0.25) is 19.0 Å². The average molecular weight is 428 g/mol. The molecule has 29 heavy (non-hydrogen) atoms. The van der Waals surface area contributed by atoms with Crippen LogP contribution >= 0.6 is 23.8 Å². The Kier molecular flexibility index (Phi) is 5.38. The first-order chi connectivity index (χ1) is 13.9. The number of nitrogens with one attached hydrogen (secondary N) is 1. The number of hydrogen-bond acceptors (Lipinski definition) is 4. The van der Waals surface area contributed by atoms with E-state index in [2.05, 4.69) is 39.5 Å². The van der Waals surface area contributed by atoms with E-state index < -0.39 is 0 Å². The minimum atomic E-state index is 0.0643. The highest BCUT2D eigenvalue weighted by Crippen LogP contribution is 2.24. The summed E-state index contributed by atoms with van der Waals surface area (Å²) in [7, 11) is 0. The van der Waals surface area contributed by atoms with Crippen LogP contribution in [0.15, 0.2) is 42.7 Å². The van der Waals surface area contributed by atoms with Crippen molar-refractivity contribution >= 4 is 23.8 Å². The lowest BCUT2D eigenvalue weighted by atomic mass is 10.1. The van der Waals surface area contributed by atoms with Gasteiger partial charge in [0.05, 0.1) is 41.4 Å². The highest BCUT2D eigenvalue weighted by Gasteiger charge is 2.19. The average Bonchev–Trinajstić information content (AvgIpc) is 3.38. The van der Waals surface area contributed by atoms with E-state index in [9.17, 15) is 0 Å². The topological polar surface area (TPSA) is 69.2 Å². The van der Waals surface area contributed by atoms with Gasteiger partial charge in [-0.05, 0) is 31.6 Å². The number of H-pyrrole nitrogens is 1. The van der Waals surface area contributed by atoms with E-state index in [1.54, 1.807) is 0 Å². The summed E-state index contributed by atoms with van der Waals surface area (Å²) < 4.78 is 6.29. The van der Waals surface area contributed by atoms with Gasteiger partial charge in [-0.25, -0.2) is 0 Å². The van der Waals surface area contributed by atoms with E-state index in [1.165, 1.54) is 5.56 Å². The molecule has 9 heteroatoms. The molecular weight excluding hydrogens is 406 g/mol. The first-order valence-electron chi connectivity index (χ1n) is 9.37. The fraction of sp³-hybridized carbons (Fsp3) is 0.300. The van der Waals surface area contributed by atoms with E-state index in [-0.39, 0.29) is 5.92 Å². The van der Waals surface area contributed by atoms with E-state index >= 15 is 0 Å². The first-order valence-corrected chi connectivity index (χ1v) is 10.2. The Morgan fingerprint density at radius 1 is 1.21 bits per heavy atom. The van der Waals surface area contributed by atoms with E-state index in [0.717, 1.165) is 22.9 Å². The van der Waals surface area contributed by atoms with Crippen molar-refractivity contribution in [1.82, 2.24) is 34.3 Å². The third-order valence-electron chi connectivity index (χ3n) is 4.94. The zero-order valence-electron chi connectivity index (χ0n) is 16.5. The molecule has 150 valence electrons. The quantitative estimate of drug-likeness (QED) is 0.461. The van der Waals surface area contributed by atoms with Crippen LogP contribution in [-0.2, 0) is 13.1 Å². The maximum atomic E-state index is 6.29. The summed E-state index contributed by atoms with van der Waals surface area (Å²) >= 11 is 11.8. The van der Waals surface area contributed by atoms with Crippen LogP contribution in [0.3, 0.4) is 0 Å². The summed E-state index contributed by atoms with van der Waals surface area (Å²) in [5.74, 6) is 0.896. The van der Waals surface area contributed by atoms with Crippen LogP contribution in [0.5, 0.6) is 0 Å². The molecule has 4 aromatic rings. The predicted molar refractivity (Wildman–Crippen MR) is 115 cm³/mol. The highest BCUT2D eigenvalue weighted by molar-refractivity contribution is 7.71. The molecule has 0 unspecified atom stereocenters. The van der Waals surface area contributed by atoms with E-state index in [0.29, 0.717) is 22.9 Å². The van der Waals surface area contributed by atoms with Crippen molar-refractivity contribution < 1.29 is 0 Å². The van der Waals surface area contributed by atoms with Crippen molar-refractivity contribution in [3.8, 4) is 5.69 Å². The molecule has 0 radical (unpaired) electrons. The second kappa shape index (κ2) is 7.96. The lowest BCUT2D eigenvalue weighted by Crippen LogP contribution is -2.13. The smallest absolute Gasteiger partial charge is 0.199 e. The van der Waals surface area contributed by atoms with Gasteiger partial charge in [0, 0.05) is 12.1 Å². The Morgan fingerprint density at radius 2 is 1.97 bits per heavy atom. The Morgan fingerprint density at radius 3 is 2.66 bits per heavy atom. The van der Waals surface area contributed by atoms with Crippen molar-refractivity contribution in [1.29, 1.82) is 0 Å². The van der Waals surface area contributed by atoms with Crippen molar-refractivity contribution in [3.63, 3.8) is 0 Å². The summed E-state index contributed by atoms with van der Waals surface area (Å²) in [5.41, 5.74) is 3.85. The maximum absolute atomic E-state index is 6.29. The summed E-state index contributed by atoms with van der Waals surface area (Å²) in [5, 5.41) is 17.1. The van der Waals surface area contributed by atoms with Crippen LogP contribution in [-0.4, -0.2) is 34.3 Å². The highest BCUT2D eigenvalue weighted by atomic mass is 35.5. The molecule has 7 nitrogen and oxygen atoms in total. The fourth-order valence-electron chi connectivity index (χ4n) is 3.41. The predicted octanol–water partition coefficient (Wildman–Crippen LogP) is 4.45. The third kappa shape index (κ3) is 3.90. The number of benzene rings is 1. The maximum Gasteiger partial charge on any atom is 0.199 e. The Labute approximate surface area is 178 Å². The Bertz CT molecular complexity index is 1190. The van der Waals surface area contributed by atoms with Gasteiger partial charge < -0.3 is 0 Å². The van der Waals surface area contributed by atoms with Crippen LogP contribution < -0.4 is 0 Å². The summed E-state index contributed by atoms with van der Waals surface area (Å²) in [6.45, 7) is 7.33. The largest absolute Gasteiger partial charge is 0.269 e. The standard InChI is InChI=1S/C20H22ClN7S/c1-13(10-27-15(3)18(21)14(2)25-27)19-23-24-20(29)28(19)17-9-22-26(12-17)11-16-7-5-4-6-8-16/h4-9,12-13H,10-11H2,1-3H3,(H,24,29)/t13-/m1/s1. The zero-order chi connectivity index (χ0) is 20.5. The molecule has 4 rings (SSSR count). The number of aromatic nitrogens is 7. The van der Waals surface area contributed by atoms with E-state index in [1.807, 2.05) is 58.4 Å². The van der Waals surface area contributed by atoms with Crippen molar-refractivity contribution in [2.75, 3.05) is 0 Å². The lowest BCUT2D eigenvalue weighted by molar-refractivity contribution is 0.506. The Balaban J connectivity index is 1.60. The molecule has 0 saturated heterocycles. The van der Waals surface area contributed by atoms with Gasteiger partial charge in [0.1, 0.15) is 5.82 Å². The molecule has 0 spiro atoms. The second-order valence-corrected chi connectivity index (χ2v) is 7.94. The molecule has 0 bridgehead atoms. The minimum absolute atomic E-state index is 0.0643. The first kappa shape index (κ1) is 19.6. The van der Waals surface area contributed by atoms with Gasteiger partial charge in [0.15, 0.2) is 4.77 Å². The molecule has 0 saturated carbocycles. The van der Waals surface area contributed by atoms with Crippen LogP contribution in [0.1, 0.15) is 35.6 Å². The number of aromatic amines is 1. The summed E-state index contributed by atoms with van der Waals surface area (Å²) in [6, 6.07) is 10.2. The molecular formula is C20H22ClN7S. The molecule has 1 N–H and O–H groups in total. The number of nitrogens with zero attached hydrogens (tertiary/aromatic N) is 6. The molecule has 0 aliphatic rings. The molecule has 0 aliphatic heterocycles. The molecule has 3 aromatic heterocycles. The van der Waals surface area contributed by atoms with Crippen molar-refractivity contribution in [2.24, 2.45) is 0 Å². The zero-order valence-corrected chi connectivity index (χ0v) is 18.1.